The van der Waals surface area contributed by atoms with E-state index >= 15 is 0 Å². The average Bonchev–Trinajstić information content (AvgIpc) is 3.47. The first-order valence-corrected chi connectivity index (χ1v) is 15.3. The van der Waals surface area contributed by atoms with Crippen LogP contribution in [0.15, 0.2) is 31.0 Å². The Balaban J connectivity index is 1.32. The molecule has 0 aromatic carbocycles. The summed E-state index contributed by atoms with van der Waals surface area (Å²) >= 11 is 0. The molecule has 3 aromatic heterocycles. The maximum absolute atomic E-state index is 9.58. The van der Waals surface area contributed by atoms with E-state index in [0.717, 1.165) is 73.7 Å². The predicted molar refractivity (Wildman–Crippen MR) is 141 cm³/mol. The molecule has 0 radical (unpaired) electrons. The summed E-state index contributed by atoms with van der Waals surface area (Å²) in [6.07, 6.45) is 16.9. The van der Waals surface area contributed by atoms with Crippen LogP contribution in [0.25, 0.3) is 22.3 Å². The molecule has 0 atom stereocenters. The molecular weight excluding hydrogens is 460 g/mol. The highest BCUT2D eigenvalue weighted by atomic mass is 32.3. The number of nitriles is 1. The zero-order chi connectivity index (χ0) is 24.5. The van der Waals surface area contributed by atoms with Gasteiger partial charge in [0.1, 0.15) is 18.7 Å². The molecule has 1 saturated heterocycles. The molecule has 4 heterocycles. The van der Waals surface area contributed by atoms with Gasteiger partial charge < -0.3 is 14.6 Å². The molecular formula is C25H36N8OS. The number of nitrogens with zero attached hydrogens (tertiary/aromatic N) is 7. The predicted octanol–water partition coefficient (Wildman–Crippen LogP) is 2.64. The lowest BCUT2D eigenvalue weighted by Gasteiger charge is -2.51. The molecule has 35 heavy (non-hydrogen) atoms. The van der Waals surface area contributed by atoms with Crippen LogP contribution in [-0.4, -0.2) is 92.6 Å². The van der Waals surface area contributed by atoms with Crippen molar-refractivity contribution < 1.29 is 4.74 Å². The fourth-order valence-electron chi connectivity index (χ4n) is 5.20. The van der Waals surface area contributed by atoms with E-state index in [2.05, 4.69) is 57.3 Å². The third-order valence-electron chi connectivity index (χ3n) is 7.28. The van der Waals surface area contributed by atoms with Gasteiger partial charge in [-0.1, -0.05) is 0 Å². The fourth-order valence-corrected chi connectivity index (χ4v) is 5.81. The van der Waals surface area contributed by atoms with E-state index in [1.54, 1.807) is 6.33 Å². The fraction of sp³-hybridized carbons (Fsp3) is 0.600. The van der Waals surface area contributed by atoms with E-state index in [4.69, 9.17) is 9.84 Å². The third-order valence-corrected chi connectivity index (χ3v) is 8.67. The average molecular weight is 497 g/mol. The Bertz CT molecular complexity index is 1190. The summed E-state index contributed by atoms with van der Waals surface area (Å²) in [4.78, 5) is 11.7. The molecule has 1 aliphatic heterocycles. The standard InChI is InChI=1S/C25H36N8OS/c1-35(2,3)13-12-34-19-32-9-4-22-23(28-18-29-24(22)32)20-16-30-33(17-20)25(5-6-26)14-21(15-25)31-10-7-27-8-11-31/h4,9,16-18,21,27H,5,7-8,10-15,19H2,1-3H3/t21-,25+. The number of ether oxygens (including phenoxy) is 1. The van der Waals surface area contributed by atoms with Gasteiger partial charge in [0.15, 0.2) is 0 Å². The van der Waals surface area contributed by atoms with Crippen molar-refractivity contribution in [2.24, 2.45) is 0 Å². The van der Waals surface area contributed by atoms with Crippen molar-refractivity contribution in [3.05, 3.63) is 31.0 Å². The highest BCUT2D eigenvalue weighted by molar-refractivity contribution is 8.32. The Labute approximate surface area is 208 Å². The Morgan fingerprint density at radius 3 is 2.77 bits per heavy atom. The van der Waals surface area contributed by atoms with Crippen molar-refractivity contribution in [2.45, 2.75) is 37.6 Å². The van der Waals surface area contributed by atoms with Crippen LogP contribution < -0.4 is 5.32 Å². The second-order valence-electron chi connectivity index (χ2n) is 10.7. The molecule has 0 amide bonds. The molecule has 0 bridgehead atoms. The quantitative estimate of drug-likeness (QED) is 0.455. The number of piperazine rings is 1. The molecule has 188 valence electrons. The Kier molecular flexibility index (Phi) is 6.86. The van der Waals surface area contributed by atoms with Gasteiger partial charge >= 0.3 is 0 Å². The molecule has 2 aliphatic rings. The minimum atomic E-state index is -0.567. The first-order chi connectivity index (χ1) is 16.9. The van der Waals surface area contributed by atoms with Crippen molar-refractivity contribution in [1.82, 2.24) is 34.5 Å². The van der Waals surface area contributed by atoms with Gasteiger partial charge in [-0.2, -0.15) is 10.4 Å². The normalized spacial score (nSPS) is 23.8. The molecule has 5 rings (SSSR count). The van der Waals surface area contributed by atoms with Crippen molar-refractivity contribution in [3.63, 3.8) is 0 Å². The van der Waals surface area contributed by atoms with Crippen LogP contribution in [0.3, 0.4) is 0 Å². The van der Waals surface area contributed by atoms with Gasteiger partial charge in [0.05, 0.1) is 36.5 Å². The lowest BCUT2D eigenvalue weighted by atomic mass is 9.70. The van der Waals surface area contributed by atoms with Gasteiger partial charge in [0.2, 0.25) is 0 Å². The van der Waals surface area contributed by atoms with Crippen LogP contribution >= 0.6 is 10.0 Å². The number of rotatable bonds is 9. The highest BCUT2D eigenvalue weighted by Gasteiger charge is 2.48. The molecule has 0 spiro atoms. The first kappa shape index (κ1) is 24.3. The number of hydrogen-bond donors (Lipinski definition) is 1. The number of hydrogen-bond acceptors (Lipinski definition) is 7. The largest absolute Gasteiger partial charge is 0.360 e. The summed E-state index contributed by atoms with van der Waals surface area (Å²) in [5.41, 5.74) is 2.45. The van der Waals surface area contributed by atoms with Gasteiger partial charge in [-0.15, -0.1) is 0 Å². The lowest BCUT2D eigenvalue weighted by molar-refractivity contribution is -0.00108. The van der Waals surface area contributed by atoms with E-state index < -0.39 is 10.0 Å². The summed E-state index contributed by atoms with van der Waals surface area (Å²) in [7, 11) is -0.567. The molecule has 1 aliphatic carbocycles. The Morgan fingerprint density at radius 1 is 1.23 bits per heavy atom. The van der Waals surface area contributed by atoms with Crippen molar-refractivity contribution >= 4 is 21.1 Å². The summed E-state index contributed by atoms with van der Waals surface area (Å²) in [5, 5.41) is 18.7. The molecule has 0 unspecified atom stereocenters. The molecule has 10 heteroatoms. The number of nitrogens with one attached hydrogen (secondary N) is 1. The summed E-state index contributed by atoms with van der Waals surface area (Å²) < 4.78 is 9.99. The third kappa shape index (κ3) is 5.09. The van der Waals surface area contributed by atoms with E-state index in [-0.39, 0.29) is 5.54 Å². The number of aromatic nitrogens is 5. The van der Waals surface area contributed by atoms with Gasteiger partial charge in [0, 0.05) is 61.3 Å². The zero-order valence-electron chi connectivity index (χ0n) is 21.0. The minimum absolute atomic E-state index is 0.233. The molecule has 1 N–H and O–H groups in total. The van der Waals surface area contributed by atoms with Crippen molar-refractivity contribution in [2.75, 3.05) is 57.3 Å². The van der Waals surface area contributed by atoms with Crippen LogP contribution in [0.2, 0.25) is 0 Å². The Morgan fingerprint density at radius 2 is 2.03 bits per heavy atom. The second kappa shape index (κ2) is 9.90. The summed E-state index contributed by atoms with van der Waals surface area (Å²) in [5.74, 6) is 1.09. The lowest BCUT2D eigenvalue weighted by Crippen LogP contribution is -2.59. The smallest absolute Gasteiger partial charge is 0.145 e. The topological polar surface area (TPSA) is 96.8 Å². The van der Waals surface area contributed by atoms with Crippen LogP contribution in [0.4, 0.5) is 0 Å². The minimum Gasteiger partial charge on any atom is -0.360 e. The van der Waals surface area contributed by atoms with Crippen LogP contribution in [0.5, 0.6) is 0 Å². The zero-order valence-corrected chi connectivity index (χ0v) is 21.8. The maximum atomic E-state index is 9.58. The van der Waals surface area contributed by atoms with Crippen molar-refractivity contribution in [3.8, 4) is 17.3 Å². The maximum Gasteiger partial charge on any atom is 0.145 e. The van der Waals surface area contributed by atoms with Gasteiger partial charge in [0.25, 0.3) is 0 Å². The molecule has 1 saturated carbocycles. The van der Waals surface area contributed by atoms with E-state index in [1.165, 1.54) is 0 Å². The van der Waals surface area contributed by atoms with E-state index in [1.807, 2.05) is 21.6 Å². The van der Waals surface area contributed by atoms with Crippen LogP contribution in [0, 0.1) is 11.3 Å². The van der Waals surface area contributed by atoms with Crippen LogP contribution in [-0.2, 0) is 17.0 Å². The summed E-state index contributed by atoms with van der Waals surface area (Å²) in [6.45, 7) is 5.47. The van der Waals surface area contributed by atoms with Gasteiger partial charge in [-0.25, -0.2) is 20.0 Å². The summed E-state index contributed by atoms with van der Waals surface area (Å²) in [6, 6.07) is 4.99. The van der Waals surface area contributed by atoms with Crippen molar-refractivity contribution in [1.29, 1.82) is 5.26 Å². The van der Waals surface area contributed by atoms with E-state index in [0.29, 0.717) is 19.2 Å². The molecule has 2 fully saturated rings. The Hall–Kier alpha value is -2.45. The number of fused-ring (bicyclic) bond motifs is 1. The molecule has 3 aromatic rings. The van der Waals surface area contributed by atoms with E-state index in [9.17, 15) is 5.26 Å². The SMILES string of the molecule is CS(C)(C)CCOCn1ccc2c(-c3cnn([C@]4(CC#N)C[C@H](N5CCNCC5)C4)c3)ncnc21. The highest BCUT2D eigenvalue weighted by Crippen LogP contribution is 2.45. The van der Waals surface area contributed by atoms with Gasteiger partial charge in [-0.05, 0) is 37.7 Å². The molecule has 9 nitrogen and oxygen atoms in total. The van der Waals surface area contributed by atoms with Crippen LogP contribution in [0.1, 0.15) is 19.3 Å². The van der Waals surface area contributed by atoms with Gasteiger partial charge in [-0.3, -0.25) is 9.58 Å². The first-order valence-electron chi connectivity index (χ1n) is 12.3. The monoisotopic (exact) mass is 496 g/mol. The second-order valence-corrected chi connectivity index (χ2v) is 15.2.